The number of benzene rings is 3. The molecule has 0 unspecified atom stereocenters. The zero-order chi connectivity index (χ0) is 35.2. The molecule has 0 radical (unpaired) electrons. The fourth-order valence-electron chi connectivity index (χ4n) is 4.72. The fraction of sp³-hybridized carbons (Fsp3) is 0.290. The number of carbonyl (C=O) groups is 2. The van der Waals surface area contributed by atoms with Gasteiger partial charge in [-0.2, -0.15) is 17.5 Å². The Morgan fingerprint density at radius 3 is 2.37 bits per heavy atom. The van der Waals surface area contributed by atoms with Crippen molar-refractivity contribution in [1.82, 2.24) is 24.4 Å². The lowest BCUT2D eigenvalue weighted by atomic mass is 10.2. The van der Waals surface area contributed by atoms with E-state index in [9.17, 15) is 31.2 Å². The number of halogens is 4. The smallest absolute Gasteiger partial charge is 0.416 e. The van der Waals surface area contributed by atoms with Crippen LogP contribution in [0.2, 0.25) is 5.02 Å². The highest BCUT2D eigenvalue weighted by Gasteiger charge is 2.31. The fourth-order valence-corrected chi connectivity index (χ4v) is 7.06. The lowest BCUT2D eigenvalue weighted by Gasteiger charge is -2.26. The summed E-state index contributed by atoms with van der Waals surface area (Å²) in [6.07, 6.45) is -4.62. The second-order valence-corrected chi connectivity index (χ2v) is 13.7. The first-order valence-corrected chi connectivity index (χ1v) is 17.6. The maximum Gasteiger partial charge on any atom is 0.416 e. The van der Waals surface area contributed by atoms with Crippen molar-refractivity contribution in [3.63, 3.8) is 0 Å². The molecule has 260 valence electrons. The topological polar surface area (TPSA) is 145 Å². The molecule has 0 aliphatic carbocycles. The summed E-state index contributed by atoms with van der Waals surface area (Å²) >= 11 is 6.99. The number of anilines is 1. The number of morpholine rings is 1. The molecule has 0 saturated carbocycles. The van der Waals surface area contributed by atoms with E-state index < -0.39 is 33.6 Å². The van der Waals surface area contributed by atoms with Gasteiger partial charge in [0.2, 0.25) is 15.9 Å². The summed E-state index contributed by atoms with van der Waals surface area (Å²) in [7, 11) is -3.73. The highest BCUT2D eigenvalue weighted by molar-refractivity contribution is 7.99. The van der Waals surface area contributed by atoms with Crippen molar-refractivity contribution in [2.24, 2.45) is 0 Å². The van der Waals surface area contributed by atoms with Crippen molar-refractivity contribution in [3.05, 3.63) is 88.7 Å². The van der Waals surface area contributed by atoms with Crippen LogP contribution in [0, 0.1) is 0 Å². The largest absolute Gasteiger partial charge is 0.494 e. The predicted octanol–water partition coefficient (Wildman–Crippen LogP) is 5.02. The average molecular weight is 739 g/mol. The van der Waals surface area contributed by atoms with Crippen molar-refractivity contribution in [1.29, 1.82) is 0 Å². The predicted molar refractivity (Wildman–Crippen MR) is 176 cm³/mol. The molecule has 0 atom stereocenters. The Morgan fingerprint density at radius 1 is 1.02 bits per heavy atom. The molecular formula is C31H30ClF3N6O6S2. The van der Waals surface area contributed by atoms with Crippen LogP contribution in [0.3, 0.4) is 0 Å². The molecule has 1 saturated heterocycles. The summed E-state index contributed by atoms with van der Waals surface area (Å²) in [5, 5.41) is 13.7. The maximum atomic E-state index is 13.2. The standard InChI is InChI=1S/C31H30ClF3N6O6S2/c1-2-47-23-8-6-22(7-9-23)41-27(18-36-29(43)20-3-10-24(11-4-20)49(44,45)40-13-15-46-16-14-40)38-39-30(41)48-19-28(42)37-26-17-21(31(33,34)35)5-12-25(26)32/h3-12,17H,2,13-16,18-19H2,1H3,(H,36,43)(H,37,42). The molecule has 0 bridgehead atoms. The molecule has 3 aromatic carbocycles. The summed E-state index contributed by atoms with van der Waals surface area (Å²) in [4.78, 5) is 25.9. The molecule has 18 heteroatoms. The monoisotopic (exact) mass is 738 g/mol. The Hall–Kier alpha value is -4.16. The summed E-state index contributed by atoms with van der Waals surface area (Å²) in [6, 6.07) is 15.1. The number of nitrogens with one attached hydrogen (secondary N) is 2. The number of sulfonamides is 1. The molecular weight excluding hydrogens is 709 g/mol. The third-order valence-electron chi connectivity index (χ3n) is 7.14. The van der Waals surface area contributed by atoms with E-state index in [4.69, 9.17) is 21.1 Å². The summed E-state index contributed by atoms with van der Waals surface area (Å²) in [5.41, 5.74) is -0.354. The number of thioether (sulfide) groups is 1. The third kappa shape index (κ3) is 8.90. The molecule has 1 aromatic heterocycles. The quantitative estimate of drug-likeness (QED) is 0.192. The van der Waals surface area contributed by atoms with Crippen LogP contribution < -0.4 is 15.4 Å². The van der Waals surface area contributed by atoms with Gasteiger partial charge in [0, 0.05) is 24.3 Å². The second kappa shape index (κ2) is 15.6. The number of nitrogens with zero attached hydrogens (tertiary/aromatic N) is 4. The van der Waals surface area contributed by atoms with Crippen molar-refractivity contribution < 1.29 is 40.7 Å². The van der Waals surface area contributed by atoms with Crippen LogP contribution in [0.25, 0.3) is 5.69 Å². The molecule has 2 N–H and O–H groups in total. The number of aromatic nitrogens is 3. The van der Waals surface area contributed by atoms with Crippen LogP contribution in [-0.4, -0.2) is 78.0 Å². The van der Waals surface area contributed by atoms with Crippen molar-refractivity contribution in [3.8, 4) is 11.4 Å². The van der Waals surface area contributed by atoms with Crippen molar-refractivity contribution in [2.45, 2.75) is 29.7 Å². The van der Waals surface area contributed by atoms with Crippen molar-refractivity contribution in [2.75, 3.05) is 44.0 Å². The SMILES string of the molecule is CCOc1ccc(-n2c(CNC(=O)c3ccc(S(=O)(=O)N4CCOCC4)cc3)nnc2SCC(=O)Nc2cc(C(F)(F)F)ccc2Cl)cc1. The first-order chi connectivity index (χ1) is 23.4. The van der Waals surface area contributed by atoms with Crippen LogP contribution in [0.4, 0.5) is 18.9 Å². The summed E-state index contributed by atoms with van der Waals surface area (Å²) in [5.74, 6) is -0.481. The Kier molecular flexibility index (Phi) is 11.5. The van der Waals surface area contributed by atoms with Gasteiger partial charge in [-0.1, -0.05) is 23.4 Å². The van der Waals surface area contributed by atoms with Gasteiger partial charge in [0.1, 0.15) is 5.75 Å². The molecule has 1 fully saturated rings. The van der Waals surface area contributed by atoms with Crippen LogP contribution in [0.5, 0.6) is 5.75 Å². The average Bonchev–Trinajstić information content (AvgIpc) is 3.50. The van der Waals surface area contributed by atoms with Crippen LogP contribution in [0.1, 0.15) is 28.7 Å². The van der Waals surface area contributed by atoms with Gasteiger partial charge in [-0.3, -0.25) is 14.2 Å². The normalized spacial score (nSPS) is 14.0. The Balaban J connectivity index is 1.30. The van der Waals surface area contributed by atoms with Gasteiger partial charge in [-0.25, -0.2) is 8.42 Å². The second-order valence-electron chi connectivity index (χ2n) is 10.4. The number of hydrogen-bond acceptors (Lipinski definition) is 9. The van der Waals surface area contributed by atoms with E-state index in [1.54, 1.807) is 28.8 Å². The molecule has 0 spiro atoms. The summed E-state index contributed by atoms with van der Waals surface area (Å²) < 4.78 is 79.1. The van der Waals surface area contributed by atoms with Gasteiger partial charge in [0.05, 0.1) is 53.3 Å². The van der Waals surface area contributed by atoms with Gasteiger partial charge in [0.25, 0.3) is 5.91 Å². The minimum absolute atomic E-state index is 0.0576. The lowest BCUT2D eigenvalue weighted by molar-refractivity contribution is -0.137. The van der Waals surface area contributed by atoms with Gasteiger partial charge in [-0.15, -0.1) is 10.2 Å². The van der Waals surface area contributed by atoms with E-state index in [2.05, 4.69) is 20.8 Å². The first-order valence-electron chi connectivity index (χ1n) is 14.8. The maximum absolute atomic E-state index is 13.2. The number of hydrogen-bond donors (Lipinski definition) is 2. The molecule has 2 amide bonds. The van der Waals surface area contributed by atoms with Crippen LogP contribution in [-0.2, 0) is 32.3 Å². The van der Waals surface area contributed by atoms with E-state index in [-0.39, 0.29) is 51.7 Å². The first kappa shape index (κ1) is 36.1. The number of carbonyl (C=O) groups excluding carboxylic acids is 2. The molecule has 1 aliphatic rings. The minimum Gasteiger partial charge on any atom is -0.494 e. The summed E-state index contributed by atoms with van der Waals surface area (Å²) in [6.45, 7) is 3.31. The number of alkyl halides is 3. The molecule has 49 heavy (non-hydrogen) atoms. The number of ether oxygens (including phenoxy) is 2. The van der Waals surface area contributed by atoms with E-state index in [0.717, 1.165) is 30.0 Å². The van der Waals surface area contributed by atoms with Gasteiger partial charge in [0.15, 0.2) is 11.0 Å². The van der Waals surface area contributed by atoms with Crippen LogP contribution >= 0.6 is 23.4 Å². The zero-order valence-corrected chi connectivity index (χ0v) is 28.3. The van der Waals surface area contributed by atoms with Gasteiger partial charge < -0.3 is 20.1 Å². The highest BCUT2D eigenvalue weighted by Crippen LogP contribution is 2.34. The minimum atomic E-state index is -4.62. The van der Waals surface area contributed by atoms with Crippen LogP contribution in [0.15, 0.2) is 76.8 Å². The molecule has 1 aliphatic heterocycles. The number of rotatable bonds is 12. The Labute approximate surface area is 289 Å². The Bertz CT molecular complexity index is 1900. The zero-order valence-electron chi connectivity index (χ0n) is 25.9. The van der Waals surface area contributed by atoms with Gasteiger partial charge in [-0.05, 0) is 73.7 Å². The Morgan fingerprint density at radius 2 is 1.71 bits per heavy atom. The van der Waals surface area contributed by atoms with E-state index in [1.165, 1.54) is 28.6 Å². The molecule has 2 heterocycles. The van der Waals surface area contributed by atoms with E-state index in [1.807, 2.05) is 6.92 Å². The van der Waals surface area contributed by atoms with E-state index >= 15 is 0 Å². The number of amides is 2. The van der Waals surface area contributed by atoms with Crippen molar-refractivity contribution >= 4 is 50.9 Å². The molecule has 12 nitrogen and oxygen atoms in total. The third-order valence-corrected chi connectivity index (χ3v) is 10.3. The van der Waals surface area contributed by atoms with Gasteiger partial charge >= 0.3 is 6.18 Å². The van der Waals surface area contributed by atoms with E-state index in [0.29, 0.717) is 37.1 Å². The lowest BCUT2D eigenvalue weighted by Crippen LogP contribution is -2.40. The highest BCUT2D eigenvalue weighted by atomic mass is 35.5. The molecule has 4 aromatic rings. The molecule has 5 rings (SSSR count).